The van der Waals surface area contributed by atoms with Gasteiger partial charge in [-0.25, -0.2) is 0 Å². The van der Waals surface area contributed by atoms with E-state index in [1.807, 2.05) is 13.1 Å². The lowest BCUT2D eigenvalue weighted by atomic mass is 9.99. The molecule has 1 aromatic rings. The van der Waals surface area contributed by atoms with E-state index < -0.39 is 0 Å². The molecule has 1 saturated heterocycles. The maximum Gasteiger partial charge on any atom is 0.162 e. The first kappa shape index (κ1) is 13.2. The fraction of sp³-hybridized carbons (Fsp3) is 0.571. The van der Waals surface area contributed by atoms with E-state index in [1.54, 1.807) is 0 Å². The van der Waals surface area contributed by atoms with Crippen LogP contribution in [0.25, 0.3) is 0 Å². The fourth-order valence-corrected chi connectivity index (χ4v) is 3.29. The van der Waals surface area contributed by atoms with E-state index >= 15 is 0 Å². The third kappa shape index (κ3) is 2.59. The Bertz CT molecular complexity index is 460. The number of hydrogen-bond donors (Lipinski definition) is 1. The third-order valence-electron chi connectivity index (χ3n) is 3.64. The highest BCUT2D eigenvalue weighted by atomic mass is 79.9. The summed E-state index contributed by atoms with van der Waals surface area (Å²) in [5.41, 5.74) is 1.17. The Morgan fingerprint density at radius 1 is 1.21 bits per heavy atom. The molecule has 5 heteroatoms. The van der Waals surface area contributed by atoms with Gasteiger partial charge in [0, 0.05) is 11.1 Å². The standard InChI is InChI=1S/C14H18BrNO3/c1-16-14(11-3-2-4-17-11)9-7-12-13(8-10(9)15)19-6-5-18-12/h7-8,11,14,16H,2-6H2,1H3. The molecular weight excluding hydrogens is 310 g/mol. The maximum atomic E-state index is 5.80. The molecule has 0 amide bonds. The smallest absolute Gasteiger partial charge is 0.162 e. The lowest BCUT2D eigenvalue weighted by molar-refractivity contribution is 0.0803. The molecule has 104 valence electrons. The molecule has 2 unspecified atom stereocenters. The van der Waals surface area contributed by atoms with Crippen LogP contribution >= 0.6 is 15.9 Å². The molecule has 1 N–H and O–H groups in total. The van der Waals surface area contributed by atoms with Crippen LogP contribution < -0.4 is 14.8 Å². The van der Waals surface area contributed by atoms with Crippen LogP contribution in [0.15, 0.2) is 16.6 Å². The van der Waals surface area contributed by atoms with Crippen molar-refractivity contribution in [3.8, 4) is 11.5 Å². The van der Waals surface area contributed by atoms with Gasteiger partial charge in [-0.2, -0.15) is 0 Å². The van der Waals surface area contributed by atoms with Crippen LogP contribution in [-0.2, 0) is 4.74 Å². The van der Waals surface area contributed by atoms with Gasteiger partial charge in [0.25, 0.3) is 0 Å². The molecule has 2 atom stereocenters. The summed E-state index contributed by atoms with van der Waals surface area (Å²) in [6.07, 6.45) is 2.45. The summed E-state index contributed by atoms with van der Waals surface area (Å²) >= 11 is 3.63. The zero-order valence-corrected chi connectivity index (χ0v) is 12.5. The number of nitrogens with one attached hydrogen (secondary N) is 1. The van der Waals surface area contributed by atoms with Crippen molar-refractivity contribution < 1.29 is 14.2 Å². The Labute approximate surface area is 121 Å². The lowest BCUT2D eigenvalue weighted by Gasteiger charge is -2.26. The number of benzene rings is 1. The van der Waals surface area contributed by atoms with E-state index in [1.165, 1.54) is 5.56 Å². The topological polar surface area (TPSA) is 39.7 Å². The zero-order chi connectivity index (χ0) is 13.2. The summed E-state index contributed by atoms with van der Waals surface area (Å²) < 4.78 is 18.1. The van der Waals surface area contributed by atoms with Gasteiger partial charge in [-0.15, -0.1) is 0 Å². The Kier molecular flexibility index (Phi) is 3.96. The van der Waals surface area contributed by atoms with Gasteiger partial charge < -0.3 is 19.5 Å². The molecule has 0 saturated carbocycles. The Hall–Kier alpha value is -0.780. The van der Waals surface area contributed by atoms with Gasteiger partial charge in [0.1, 0.15) is 13.2 Å². The van der Waals surface area contributed by atoms with Crippen LogP contribution in [0.5, 0.6) is 11.5 Å². The molecule has 1 fully saturated rings. The highest BCUT2D eigenvalue weighted by molar-refractivity contribution is 9.10. The average Bonchev–Trinajstić information content (AvgIpc) is 2.94. The molecule has 19 heavy (non-hydrogen) atoms. The van der Waals surface area contributed by atoms with Crippen molar-refractivity contribution in [2.75, 3.05) is 26.9 Å². The molecule has 0 spiro atoms. The van der Waals surface area contributed by atoms with Gasteiger partial charge in [0.05, 0.1) is 12.1 Å². The monoisotopic (exact) mass is 327 g/mol. The minimum Gasteiger partial charge on any atom is -0.486 e. The van der Waals surface area contributed by atoms with Crippen molar-refractivity contribution in [1.82, 2.24) is 5.32 Å². The van der Waals surface area contributed by atoms with Gasteiger partial charge in [0.2, 0.25) is 0 Å². The largest absolute Gasteiger partial charge is 0.486 e. The van der Waals surface area contributed by atoms with Crippen LogP contribution in [0.2, 0.25) is 0 Å². The first-order valence-corrected chi connectivity index (χ1v) is 7.47. The Morgan fingerprint density at radius 2 is 1.95 bits per heavy atom. The van der Waals surface area contributed by atoms with Gasteiger partial charge in [-0.3, -0.25) is 0 Å². The van der Waals surface area contributed by atoms with Gasteiger partial charge in [0.15, 0.2) is 11.5 Å². The lowest BCUT2D eigenvalue weighted by Crippen LogP contribution is -2.29. The molecule has 2 aliphatic heterocycles. The molecular formula is C14H18BrNO3. The average molecular weight is 328 g/mol. The SMILES string of the molecule is CNC(c1cc2c(cc1Br)OCCO2)C1CCCO1. The van der Waals surface area contributed by atoms with Crippen molar-refractivity contribution in [2.45, 2.75) is 25.0 Å². The molecule has 4 nitrogen and oxygen atoms in total. The quantitative estimate of drug-likeness (QED) is 0.926. The maximum absolute atomic E-state index is 5.80. The van der Waals surface area contributed by atoms with Crippen molar-refractivity contribution in [3.63, 3.8) is 0 Å². The number of fused-ring (bicyclic) bond motifs is 1. The third-order valence-corrected chi connectivity index (χ3v) is 4.33. The van der Waals surface area contributed by atoms with E-state index in [-0.39, 0.29) is 12.1 Å². The van der Waals surface area contributed by atoms with Crippen LogP contribution in [0, 0.1) is 0 Å². The fourth-order valence-electron chi connectivity index (χ4n) is 2.73. The molecule has 2 heterocycles. The predicted molar refractivity (Wildman–Crippen MR) is 75.9 cm³/mol. The highest BCUT2D eigenvalue weighted by Crippen LogP contribution is 2.40. The second kappa shape index (κ2) is 5.69. The number of halogens is 1. The van der Waals surface area contributed by atoms with E-state index in [2.05, 4.69) is 27.3 Å². The van der Waals surface area contributed by atoms with Gasteiger partial charge in [-0.05, 0) is 37.6 Å². The van der Waals surface area contributed by atoms with Crippen LogP contribution in [0.1, 0.15) is 24.4 Å². The summed E-state index contributed by atoms with van der Waals surface area (Å²) in [6, 6.07) is 4.22. The molecule has 0 aliphatic carbocycles. The second-order valence-electron chi connectivity index (χ2n) is 4.84. The zero-order valence-electron chi connectivity index (χ0n) is 10.9. The molecule has 0 aromatic heterocycles. The minimum atomic E-state index is 0.174. The van der Waals surface area contributed by atoms with Crippen LogP contribution in [-0.4, -0.2) is 33.0 Å². The van der Waals surface area contributed by atoms with E-state index in [0.29, 0.717) is 13.2 Å². The van der Waals surface area contributed by atoms with Gasteiger partial charge in [-0.1, -0.05) is 15.9 Å². The van der Waals surface area contributed by atoms with E-state index in [9.17, 15) is 0 Å². The van der Waals surface area contributed by atoms with Gasteiger partial charge >= 0.3 is 0 Å². The first-order valence-electron chi connectivity index (χ1n) is 6.67. The second-order valence-corrected chi connectivity index (χ2v) is 5.69. The Morgan fingerprint density at radius 3 is 2.58 bits per heavy atom. The number of rotatable bonds is 3. The van der Waals surface area contributed by atoms with Crippen LogP contribution in [0.4, 0.5) is 0 Å². The summed E-state index contributed by atoms with van der Waals surface area (Å²) in [4.78, 5) is 0. The van der Waals surface area contributed by atoms with Crippen molar-refractivity contribution in [3.05, 3.63) is 22.2 Å². The molecule has 0 bridgehead atoms. The van der Waals surface area contributed by atoms with Crippen molar-refractivity contribution in [2.24, 2.45) is 0 Å². The minimum absolute atomic E-state index is 0.174. The van der Waals surface area contributed by atoms with Crippen LogP contribution in [0.3, 0.4) is 0 Å². The number of ether oxygens (including phenoxy) is 3. The highest BCUT2D eigenvalue weighted by Gasteiger charge is 2.29. The summed E-state index contributed by atoms with van der Waals surface area (Å²) in [7, 11) is 1.97. The van der Waals surface area contributed by atoms with E-state index in [0.717, 1.165) is 35.4 Å². The molecule has 2 aliphatic rings. The summed E-state index contributed by atoms with van der Waals surface area (Å²) in [5, 5.41) is 3.36. The number of hydrogen-bond acceptors (Lipinski definition) is 4. The van der Waals surface area contributed by atoms with E-state index in [4.69, 9.17) is 14.2 Å². The summed E-state index contributed by atoms with van der Waals surface area (Å²) in [6.45, 7) is 2.07. The molecule has 1 aromatic carbocycles. The predicted octanol–water partition coefficient (Wildman–Crippen LogP) is 2.66. The Balaban J connectivity index is 1.93. The summed E-state index contributed by atoms with van der Waals surface area (Å²) in [5.74, 6) is 1.63. The molecule has 3 rings (SSSR count). The normalized spacial score (nSPS) is 23.4. The van der Waals surface area contributed by atoms with Crippen molar-refractivity contribution in [1.29, 1.82) is 0 Å². The number of likely N-dealkylation sites (N-methyl/N-ethyl adjacent to an activating group) is 1. The van der Waals surface area contributed by atoms with Crippen molar-refractivity contribution >= 4 is 15.9 Å². The molecule has 0 radical (unpaired) electrons. The first-order chi connectivity index (χ1) is 9.29.